The first-order valence-corrected chi connectivity index (χ1v) is 10.1. The van der Waals surface area contributed by atoms with E-state index >= 15 is 0 Å². The van der Waals surface area contributed by atoms with Crippen molar-refractivity contribution in [2.24, 2.45) is 5.73 Å². The summed E-state index contributed by atoms with van der Waals surface area (Å²) in [5.74, 6) is -0.0678. The highest BCUT2D eigenvalue weighted by Crippen LogP contribution is 2.34. The number of aromatic hydroxyl groups is 1. The molecule has 1 aromatic heterocycles. The van der Waals surface area contributed by atoms with Crippen LogP contribution in [0.1, 0.15) is 36.0 Å². The second-order valence-electron chi connectivity index (χ2n) is 7.33. The predicted octanol–water partition coefficient (Wildman–Crippen LogP) is 5.23. The van der Waals surface area contributed by atoms with Crippen molar-refractivity contribution < 1.29 is 9.90 Å². The van der Waals surface area contributed by atoms with Crippen LogP contribution >= 0.6 is 11.6 Å². The van der Waals surface area contributed by atoms with E-state index in [0.29, 0.717) is 22.3 Å². The lowest BCUT2D eigenvalue weighted by Crippen LogP contribution is -2.15. The molecule has 1 heterocycles. The van der Waals surface area contributed by atoms with E-state index in [1.807, 2.05) is 36.4 Å². The van der Waals surface area contributed by atoms with E-state index in [-0.39, 0.29) is 11.3 Å². The highest BCUT2D eigenvalue weighted by Gasteiger charge is 2.17. The third kappa shape index (κ3) is 4.20. The molecule has 1 amide bonds. The number of benzene rings is 2. The van der Waals surface area contributed by atoms with Gasteiger partial charge in [-0.3, -0.25) is 4.79 Å². The Kier molecular flexibility index (Phi) is 5.41. The minimum Gasteiger partial charge on any atom is -0.507 e. The number of nitrogens with zero attached hydrogens (tertiary/aromatic N) is 1. The number of carbonyl (C=O) groups is 1. The number of pyridine rings is 1. The zero-order valence-electron chi connectivity index (χ0n) is 15.9. The summed E-state index contributed by atoms with van der Waals surface area (Å²) >= 11 is 6.43. The van der Waals surface area contributed by atoms with Crippen LogP contribution in [0.3, 0.4) is 0 Å². The monoisotopic (exact) mass is 407 g/mol. The van der Waals surface area contributed by atoms with Crippen molar-refractivity contribution in [1.29, 1.82) is 0 Å². The molecule has 29 heavy (non-hydrogen) atoms. The maximum atomic E-state index is 11.6. The number of hydrogen-bond donors (Lipinski definition) is 3. The molecule has 148 valence electrons. The van der Waals surface area contributed by atoms with Gasteiger partial charge in [-0.05, 0) is 54.8 Å². The van der Waals surface area contributed by atoms with Gasteiger partial charge in [0.15, 0.2) is 0 Å². The van der Waals surface area contributed by atoms with Gasteiger partial charge in [-0.25, -0.2) is 4.98 Å². The molecule has 0 saturated heterocycles. The number of rotatable bonds is 5. The minimum atomic E-state index is -0.684. The Morgan fingerprint density at radius 1 is 1.07 bits per heavy atom. The highest BCUT2D eigenvalue weighted by atomic mass is 35.5. The molecule has 0 unspecified atom stereocenters. The first-order chi connectivity index (χ1) is 14.0. The van der Waals surface area contributed by atoms with Crippen molar-refractivity contribution in [3.63, 3.8) is 0 Å². The molecule has 0 spiro atoms. The van der Waals surface area contributed by atoms with Crippen LogP contribution in [-0.2, 0) is 0 Å². The first-order valence-electron chi connectivity index (χ1n) is 9.68. The van der Waals surface area contributed by atoms with Crippen LogP contribution in [0, 0.1) is 0 Å². The Balaban J connectivity index is 1.82. The molecule has 2 aromatic carbocycles. The molecule has 1 fully saturated rings. The van der Waals surface area contributed by atoms with Crippen molar-refractivity contribution >= 4 is 23.3 Å². The lowest BCUT2D eigenvalue weighted by atomic mass is 10.0. The zero-order chi connectivity index (χ0) is 20.4. The van der Waals surface area contributed by atoms with E-state index in [4.69, 9.17) is 22.3 Å². The molecule has 0 atom stereocenters. The Morgan fingerprint density at radius 2 is 1.83 bits per heavy atom. The normalized spacial score (nSPS) is 14.1. The van der Waals surface area contributed by atoms with Crippen LogP contribution in [0.15, 0.2) is 54.6 Å². The van der Waals surface area contributed by atoms with Gasteiger partial charge in [-0.2, -0.15) is 0 Å². The van der Waals surface area contributed by atoms with Crippen LogP contribution in [0.2, 0.25) is 5.02 Å². The molecule has 0 bridgehead atoms. The second-order valence-corrected chi connectivity index (χ2v) is 7.74. The summed E-state index contributed by atoms with van der Waals surface area (Å²) in [6.45, 7) is 0. The van der Waals surface area contributed by atoms with Crippen molar-refractivity contribution in [3.05, 3.63) is 65.2 Å². The molecule has 4 rings (SSSR count). The number of amides is 1. The van der Waals surface area contributed by atoms with Crippen LogP contribution in [-0.4, -0.2) is 22.0 Å². The summed E-state index contributed by atoms with van der Waals surface area (Å²) < 4.78 is 0. The average molecular weight is 408 g/mol. The SMILES string of the molecule is NC(=O)c1cc(-c2cc(-c3ccccc3Cl)cc(NC3CCCC3)n2)ccc1O. The number of halogens is 1. The number of nitrogens with one attached hydrogen (secondary N) is 1. The Bertz CT molecular complexity index is 1060. The fraction of sp³-hybridized carbons (Fsp3) is 0.217. The van der Waals surface area contributed by atoms with E-state index in [1.54, 1.807) is 12.1 Å². The first kappa shape index (κ1) is 19.3. The van der Waals surface area contributed by atoms with Crippen LogP contribution in [0.4, 0.5) is 5.82 Å². The van der Waals surface area contributed by atoms with Gasteiger partial charge in [0, 0.05) is 22.2 Å². The third-order valence-electron chi connectivity index (χ3n) is 5.28. The summed E-state index contributed by atoms with van der Waals surface area (Å²) in [7, 11) is 0. The molecule has 0 radical (unpaired) electrons. The summed E-state index contributed by atoms with van der Waals surface area (Å²) in [5.41, 5.74) is 8.66. The van der Waals surface area contributed by atoms with Crippen molar-refractivity contribution in [1.82, 2.24) is 4.98 Å². The zero-order valence-corrected chi connectivity index (χ0v) is 16.6. The van der Waals surface area contributed by atoms with Crippen molar-refractivity contribution in [3.8, 4) is 28.1 Å². The summed E-state index contributed by atoms with van der Waals surface area (Å²) in [4.78, 5) is 16.4. The maximum Gasteiger partial charge on any atom is 0.252 e. The number of anilines is 1. The van der Waals surface area contributed by atoms with Gasteiger partial charge in [-0.15, -0.1) is 0 Å². The Labute approximate surface area is 174 Å². The number of primary amides is 1. The quantitative estimate of drug-likeness (QED) is 0.540. The van der Waals surface area contributed by atoms with E-state index in [9.17, 15) is 9.90 Å². The topological polar surface area (TPSA) is 88.2 Å². The molecule has 1 aliphatic carbocycles. The van der Waals surface area contributed by atoms with Gasteiger partial charge >= 0.3 is 0 Å². The van der Waals surface area contributed by atoms with Gasteiger partial charge in [0.25, 0.3) is 5.91 Å². The summed E-state index contributed by atoms with van der Waals surface area (Å²) in [6, 6.07) is 16.7. The van der Waals surface area contributed by atoms with Gasteiger partial charge in [-0.1, -0.05) is 42.6 Å². The van der Waals surface area contributed by atoms with Crippen LogP contribution in [0.25, 0.3) is 22.4 Å². The van der Waals surface area contributed by atoms with Gasteiger partial charge in [0.1, 0.15) is 11.6 Å². The predicted molar refractivity (Wildman–Crippen MR) is 116 cm³/mol. The second kappa shape index (κ2) is 8.13. The lowest BCUT2D eigenvalue weighted by Gasteiger charge is -2.16. The molecule has 0 aliphatic heterocycles. The third-order valence-corrected chi connectivity index (χ3v) is 5.60. The molecule has 1 saturated carbocycles. The van der Waals surface area contributed by atoms with Crippen molar-refractivity contribution in [2.75, 3.05) is 5.32 Å². The maximum absolute atomic E-state index is 11.6. The molecular formula is C23H22ClN3O2. The van der Waals surface area contributed by atoms with E-state index in [0.717, 1.165) is 29.8 Å². The summed E-state index contributed by atoms with van der Waals surface area (Å²) in [6.07, 6.45) is 4.68. The molecule has 6 heteroatoms. The number of phenols is 1. The van der Waals surface area contributed by atoms with Crippen LogP contribution in [0.5, 0.6) is 5.75 Å². The number of aromatic nitrogens is 1. The molecule has 1 aliphatic rings. The molecule has 5 nitrogen and oxygen atoms in total. The Hall–Kier alpha value is -3.05. The van der Waals surface area contributed by atoms with E-state index in [1.165, 1.54) is 18.9 Å². The van der Waals surface area contributed by atoms with E-state index in [2.05, 4.69) is 5.32 Å². The molecule has 4 N–H and O–H groups in total. The summed E-state index contributed by atoms with van der Waals surface area (Å²) in [5, 5.41) is 14.1. The number of nitrogens with two attached hydrogens (primary N) is 1. The highest BCUT2D eigenvalue weighted by molar-refractivity contribution is 6.33. The van der Waals surface area contributed by atoms with E-state index < -0.39 is 5.91 Å². The fourth-order valence-corrected chi connectivity index (χ4v) is 4.02. The lowest BCUT2D eigenvalue weighted by molar-refractivity contribution is 0.0998. The van der Waals surface area contributed by atoms with Crippen LogP contribution < -0.4 is 11.1 Å². The smallest absolute Gasteiger partial charge is 0.252 e. The average Bonchev–Trinajstić information content (AvgIpc) is 3.21. The van der Waals surface area contributed by atoms with Gasteiger partial charge in [0.05, 0.1) is 11.3 Å². The molecular weight excluding hydrogens is 386 g/mol. The number of carbonyl (C=O) groups excluding carboxylic acids is 1. The largest absolute Gasteiger partial charge is 0.507 e. The fourth-order valence-electron chi connectivity index (χ4n) is 3.78. The van der Waals surface area contributed by atoms with Crippen molar-refractivity contribution in [2.45, 2.75) is 31.7 Å². The van der Waals surface area contributed by atoms with Gasteiger partial charge < -0.3 is 16.2 Å². The minimum absolute atomic E-state index is 0.0674. The molecule has 3 aromatic rings. The number of hydrogen-bond acceptors (Lipinski definition) is 4. The Morgan fingerprint density at radius 3 is 2.55 bits per heavy atom. The van der Waals surface area contributed by atoms with Gasteiger partial charge in [0.2, 0.25) is 0 Å². The standard InChI is InChI=1S/C23H22ClN3O2/c24-19-8-4-3-7-17(19)15-12-20(14-9-10-21(28)18(11-14)23(25)29)27-22(13-15)26-16-5-1-2-6-16/h3-4,7-13,16,28H,1-2,5-6H2,(H2,25,29)(H,26,27).